The van der Waals surface area contributed by atoms with Crippen LogP contribution in [0.25, 0.3) is 0 Å². The summed E-state index contributed by atoms with van der Waals surface area (Å²) in [4.78, 5) is 13.0. The molecule has 0 bridgehead atoms. The van der Waals surface area contributed by atoms with Gasteiger partial charge in [-0.1, -0.05) is 12.8 Å². The Bertz CT molecular complexity index is 715. The van der Waals surface area contributed by atoms with Crippen molar-refractivity contribution in [3.8, 4) is 11.3 Å². The summed E-state index contributed by atoms with van der Waals surface area (Å²) in [6.07, 6.45) is 12.2. The maximum absolute atomic E-state index is 13.0. The van der Waals surface area contributed by atoms with E-state index in [0.717, 1.165) is 36.4 Å². The third-order valence-corrected chi connectivity index (χ3v) is 9.24. The third kappa shape index (κ3) is 3.79. The molecule has 0 heterocycles. The molecule has 160 valence electrons. The molecule has 29 heavy (non-hydrogen) atoms. The second-order valence-electron chi connectivity index (χ2n) is 10.2. The maximum atomic E-state index is 13.0. The molecule has 8 unspecified atom stereocenters. The van der Waals surface area contributed by atoms with Gasteiger partial charge in [-0.05, 0) is 104 Å². The number of fused-ring (bicyclic) bond motifs is 5. The van der Waals surface area contributed by atoms with E-state index < -0.39 is 0 Å². The van der Waals surface area contributed by atoms with Crippen LogP contribution in [0.5, 0.6) is 0 Å². The molecule has 0 radical (unpaired) electrons. The van der Waals surface area contributed by atoms with Crippen LogP contribution in [0.2, 0.25) is 0 Å². The highest BCUT2D eigenvalue weighted by Crippen LogP contribution is 2.64. The summed E-state index contributed by atoms with van der Waals surface area (Å²) in [5, 5.41) is 7.62. The Hall–Kier alpha value is -1.25. The molecule has 0 aromatic heterocycles. The summed E-state index contributed by atoms with van der Waals surface area (Å²) < 4.78 is 0. The van der Waals surface area contributed by atoms with E-state index >= 15 is 0 Å². The van der Waals surface area contributed by atoms with Crippen molar-refractivity contribution < 1.29 is 4.79 Å². The quantitative estimate of drug-likeness (QED) is 0.239. The van der Waals surface area contributed by atoms with Gasteiger partial charge in [0.05, 0.1) is 0 Å². The van der Waals surface area contributed by atoms with Crippen molar-refractivity contribution in [1.82, 2.24) is 5.12 Å². The van der Waals surface area contributed by atoms with Gasteiger partial charge in [0.1, 0.15) is 12.9 Å². The van der Waals surface area contributed by atoms with Crippen molar-refractivity contribution in [3.05, 3.63) is 0 Å². The molecular formula is C23H35ClN4O. The summed E-state index contributed by atoms with van der Waals surface area (Å²) in [5.41, 5.74) is 5.43. The molecule has 4 rings (SSSR count). The van der Waals surface area contributed by atoms with Gasteiger partial charge in [0.2, 0.25) is 0 Å². The molecule has 4 fully saturated rings. The lowest BCUT2D eigenvalue weighted by molar-refractivity contribution is -0.131. The average Bonchev–Trinajstić information content (AvgIpc) is 3.05. The van der Waals surface area contributed by atoms with Gasteiger partial charge < -0.3 is 5.73 Å². The molecule has 6 heteroatoms. The van der Waals surface area contributed by atoms with Crippen LogP contribution in [-0.4, -0.2) is 23.8 Å². The lowest BCUT2D eigenvalue weighted by atomic mass is 9.49. The van der Waals surface area contributed by atoms with Crippen molar-refractivity contribution in [1.29, 1.82) is 0 Å². The van der Waals surface area contributed by atoms with E-state index in [1.807, 2.05) is 0 Å². The van der Waals surface area contributed by atoms with Crippen LogP contribution in [0.15, 0.2) is 5.10 Å². The Balaban J connectivity index is 1.45. The number of hydrazine groups is 1. The van der Waals surface area contributed by atoms with E-state index in [-0.39, 0.29) is 23.7 Å². The van der Waals surface area contributed by atoms with E-state index in [4.69, 9.17) is 23.2 Å². The van der Waals surface area contributed by atoms with Gasteiger partial charge in [0.25, 0.3) is 0 Å². The topological polar surface area (TPSA) is 84.7 Å². The summed E-state index contributed by atoms with van der Waals surface area (Å²) in [5.74, 6) is 13.9. The second-order valence-corrected chi connectivity index (χ2v) is 10.4. The van der Waals surface area contributed by atoms with Crippen molar-refractivity contribution in [3.63, 3.8) is 0 Å². The molecular weight excluding hydrogens is 384 g/mol. The number of carbonyl (C=O) groups excluding carboxylic acids is 1. The molecule has 0 aromatic carbocycles. The van der Waals surface area contributed by atoms with Crippen LogP contribution in [0.1, 0.15) is 64.7 Å². The number of hydrogen-bond donors (Lipinski definition) is 2. The molecule has 0 spiro atoms. The van der Waals surface area contributed by atoms with Crippen molar-refractivity contribution in [2.45, 2.75) is 64.7 Å². The zero-order chi connectivity index (χ0) is 20.6. The SMILES string of the molecule is CC12CCC3C4CCC(C#CCl)CC4CCC3C1CCC2C(=O)CN(N)/N=C\N. The van der Waals surface area contributed by atoms with Gasteiger partial charge >= 0.3 is 0 Å². The van der Waals surface area contributed by atoms with Crippen LogP contribution >= 0.6 is 11.6 Å². The Morgan fingerprint density at radius 3 is 2.72 bits per heavy atom. The molecule has 4 aliphatic rings. The molecule has 0 saturated heterocycles. The first-order chi connectivity index (χ1) is 14.0. The van der Waals surface area contributed by atoms with Crippen molar-refractivity contribution >= 4 is 23.7 Å². The lowest BCUT2D eigenvalue weighted by Crippen LogP contribution is -2.50. The van der Waals surface area contributed by atoms with Crippen LogP contribution in [0.4, 0.5) is 0 Å². The molecule has 4 N–H and O–H groups in total. The fraction of sp³-hybridized carbons (Fsp3) is 0.826. The van der Waals surface area contributed by atoms with Crippen LogP contribution in [0, 0.1) is 58.1 Å². The number of halogens is 1. The predicted molar refractivity (Wildman–Crippen MR) is 116 cm³/mol. The number of carbonyl (C=O) groups is 1. The molecule has 0 aromatic rings. The number of ketones is 1. The Morgan fingerprint density at radius 2 is 1.97 bits per heavy atom. The van der Waals surface area contributed by atoms with Crippen LogP contribution < -0.4 is 11.6 Å². The predicted octanol–water partition coefficient (Wildman–Crippen LogP) is 3.72. The van der Waals surface area contributed by atoms with Crippen molar-refractivity contribution in [2.75, 3.05) is 6.54 Å². The number of nitrogens with two attached hydrogens (primary N) is 2. The van der Waals surface area contributed by atoms with E-state index in [1.165, 1.54) is 56.5 Å². The fourth-order valence-electron chi connectivity index (χ4n) is 7.99. The first-order valence-electron chi connectivity index (χ1n) is 11.4. The molecule has 4 saturated carbocycles. The summed E-state index contributed by atoms with van der Waals surface area (Å²) in [6.45, 7) is 2.54. The maximum Gasteiger partial charge on any atom is 0.159 e. The van der Waals surface area contributed by atoms with E-state index in [2.05, 4.69) is 23.3 Å². The molecule has 5 nitrogen and oxygen atoms in total. The summed E-state index contributed by atoms with van der Waals surface area (Å²) in [6, 6.07) is 0. The number of rotatable bonds is 4. The molecule has 8 atom stereocenters. The van der Waals surface area contributed by atoms with Gasteiger partial charge in [0, 0.05) is 17.2 Å². The fourth-order valence-corrected chi connectivity index (χ4v) is 8.14. The Labute approximate surface area is 179 Å². The smallest absolute Gasteiger partial charge is 0.159 e. The lowest BCUT2D eigenvalue weighted by Gasteiger charge is -2.56. The van der Waals surface area contributed by atoms with Gasteiger partial charge in [-0.25, -0.2) is 11.0 Å². The minimum absolute atomic E-state index is 0.111. The molecule has 0 amide bonds. The first-order valence-corrected chi connectivity index (χ1v) is 11.8. The summed E-state index contributed by atoms with van der Waals surface area (Å²) in [7, 11) is 0. The molecule has 0 aliphatic heterocycles. The van der Waals surface area contributed by atoms with E-state index in [1.54, 1.807) is 0 Å². The highest BCUT2D eigenvalue weighted by molar-refractivity contribution is 6.30. The van der Waals surface area contributed by atoms with Gasteiger partial charge in [0.15, 0.2) is 5.78 Å². The van der Waals surface area contributed by atoms with E-state index in [0.29, 0.717) is 11.8 Å². The number of Topliss-reactive ketones (excluding diaryl/α,β-unsaturated/α-hetero) is 1. The van der Waals surface area contributed by atoms with Gasteiger partial charge in [-0.2, -0.15) is 5.10 Å². The largest absolute Gasteiger partial charge is 0.388 e. The first kappa shape index (κ1) is 21.0. The molecule has 4 aliphatic carbocycles. The standard InChI is InChI=1S/C23H35ClN4O/c1-23-10-8-18-17-4-2-15(9-11-24)12-16(17)3-5-19(18)20(23)6-7-21(23)22(29)13-28(26)27-14-25/h14-21H,2-8,10,12-13,26H2,1H3,(H2,25,27). The number of nitrogens with zero attached hydrogens (tertiary/aromatic N) is 2. The normalized spacial score (nSPS) is 43.6. The monoisotopic (exact) mass is 418 g/mol. The average molecular weight is 419 g/mol. The number of hydrazone groups is 1. The number of hydrogen-bond acceptors (Lipinski definition) is 4. The van der Waals surface area contributed by atoms with Crippen LogP contribution in [0.3, 0.4) is 0 Å². The third-order valence-electron chi connectivity index (χ3n) is 9.13. The van der Waals surface area contributed by atoms with E-state index in [9.17, 15) is 4.79 Å². The Morgan fingerprint density at radius 1 is 1.17 bits per heavy atom. The minimum Gasteiger partial charge on any atom is -0.388 e. The minimum atomic E-state index is 0.111. The van der Waals surface area contributed by atoms with Gasteiger partial charge in [-0.3, -0.25) is 4.79 Å². The summed E-state index contributed by atoms with van der Waals surface area (Å²) >= 11 is 5.67. The second kappa shape index (κ2) is 8.47. The Kier molecular flexibility index (Phi) is 6.14. The highest BCUT2D eigenvalue weighted by Gasteiger charge is 2.58. The van der Waals surface area contributed by atoms with Crippen molar-refractivity contribution in [2.24, 2.45) is 63.5 Å². The zero-order valence-electron chi connectivity index (χ0n) is 17.5. The highest BCUT2D eigenvalue weighted by atomic mass is 35.5. The zero-order valence-corrected chi connectivity index (χ0v) is 18.3. The van der Waals surface area contributed by atoms with Crippen LogP contribution in [-0.2, 0) is 4.79 Å². The van der Waals surface area contributed by atoms with Gasteiger partial charge in [-0.15, -0.1) is 0 Å².